The molecular weight excluding hydrogens is 234 g/mol. The lowest BCUT2D eigenvalue weighted by molar-refractivity contribution is -0.149. The van der Waals surface area contributed by atoms with Gasteiger partial charge in [0.15, 0.2) is 0 Å². The van der Waals surface area contributed by atoms with Crippen molar-refractivity contribution in [3.63, 3.8) is 0 Å². The fraction of sp³-hybridized carbons (Fsp3) is 0.833. The molecule has 1 heterocycles. The number of carbonyl (C=O) groups is 2. The maximum atomic E-state index is 12.2. The zero-order valence-corrected chi connectivity index (χ0v) is 11.5. The summed E-state index contributed by atoms with van der Waals surface area (Å²) >= 11 is 0. The van der Waals surface area contributed by atoms with Gasteiger partial charge in [-0.05, 0) is 27.8 Å². The molecule has 0 aromatic carbocycles. The zero-order chi connectivity index (χ0) is 13.7. The molecule has 1 aliphatic heterocycles. The minimum Gasteiger partial charge on any atom is -0.377 e. The van der Waals surface area contributed by atoms with Gasteiger partial charge in [0.25, 0.3) is 0 Å². The first-order valence-electron chi connectivity index (χ1n) is 6.33. The molecule has 0 aliphatic carbocycles. The van der Waals surface area contributed by atoms with Gasteiger partial charge in [-0.2, -0.15) is 0 Å². The van der Waals surface area contributed by atoms with E-state index in [9.17, 15) is 9.59 Å². The third-order valence-corrected chi connectivity index (χ3v) is 2.95. The summed E-state index contributed by atoms with van der Waals surface area (Å²) in [4.78, 5) is 25.8. The quantitative estimate of drug-likeness (QED) is 0.702. The van der Waals surface area contributed by atoms with Gasteiger partial charge in [0.05, 0.1) is 19.3 Å². The molecule has 2 N–H and O–H groups in total. The Balaban J connectivity index is 2.73. The second kappa shape index (κ2) is 6.70. The number of nitrogens with one attached hydrogen (secondary N) is 2. The van der Waals surface area contributed by atoms with Crippen molar-refractivity contribution in [2.75, 3.05) is 26.8 Å². The molecular formula is C12H23N3O3. The van der Waals surface area contributed by atoms with Crippen molar-refractivity contribution in [1.82, 2.24) is 15.5 Å². The van der Waals surface area contributed by atoms with Gasteiger partial charge in [0, 0.05) is 12.6 Å². The highest BCUT2D eigenvalue weighted by Crippen LogP contribution is 2.09. The summed E-state index contributed by atoms with van der Waals surface area (Å²) in [6, 6.07) is -0.764. The van der Waals surface area contributed by atoms with Crippen LogP contribution in [0.2, 0.25) is 0 Å². The number of hydrogen-bond donors (Lipinski definition) is 2. The lowest BCUT2D eigenvalue weighted by atomic mass is 10.1. The van der Waals surface area contributed by atoms with Crippen molar-refractivity contribution in [2.24, 2.45) is 0 Å². The minimum absolute atomic E-state index is 0.0538. The molecule has 0 radical (unpaired) electrons. The Labute approximate surface area is 108 Å². The van der Waals surface area contributed by atoms with Crippen LogP contribution in [-0.2, 0) is 14.3 Å². The van der Waals surface area contributed by atoms with Gasteiger partial charge in [-0.15, -0.1) is 0 Å². The molecule has 1 fully saturated rings. The van der Waals surface area contributed by atoms with Gasteiger partial charge in [0.2, 0.25) is 11.8 Å². The third-order valence-electron chi connectivity index (χ3n) is 2.95. The largest absolute Gasteiger partial charge is 0.377 e. The predicted octanol–water partition coefficient (Wildman–Crippen LogP) is -0.654. The third kappa shape index (κ3) is 3.68. The monoisotopic (exact) mass is 257 g/mol. The maximum absolute atomic E-state index is 12.2. The predicted molar refractivity (Wildman–Crippen MR) is 68.1 cm³/mol. The molecule has 0 saturated carbocycles. The molecule has 18 heavy (non-hydrogen) atoms. The number of nitrogens with zero attached hydrogens (tertiary/aromatic N) is 1. The Kier molecular flexibility index (Phi) is 5.55. The minimum atomic E-state index is -0.524. The summed E-state index contributed by atoms with van der Waals surface area (Å²) in [6.07, 6.45) is 0. The molecule has 2 unspecified atom stereocenters. The second-order valence-corrected chi connectivity index (χ2v) is 4.80. The van der Waals surface area contributed by atoms with Gasteiger partial charge >= 0.3 is 0 Å². The van der Waals surface area contributed by atoms with Gasteiger partial charge in [-0.3, -0.25) is 9.59 Å². The van der Waals surface area contributed by atoms with E-state index >= 15 is 0 Å². The Hall–Kier alpha value is -1.14. The highest BCUT2D eigenvalue weighted by molar-refractivity contribution is 5.90. The summed E-state index contributed by atoms with van der Waals surface area (Å²) in [6.45, 7) is 6.78. The van der Waals surface area contributed by atoms with E-state index in [1.54, 1.807) is 18.9 Å². The molecule has 1 saturated heterocycles. The number of amides is 2. The van der Waals surface area contributed by atoms with E-state index in [-0.39, 0.29) is 30.5 Å². The van der Waals surface area contributed by atoms with Crippen LogP contribution in [0.3, 0.4) is 0 Å². The van der Waals surface area contributed by atoms with Crippen molar-refractivity contribution in [1.29, 1.82) is 0 Å². The topological polar surface area (TPSA) is 70.7 Å². The van der Waals surface area contributed by atoms with Gasteiger partial charge in [-0.1, -0.05) is 0 Å². The molecule has 6 heteroatoms. The van der Waals surface area contributed by atoms with Crippen LogP contribution in [0.4, 0.5) is 0 Å². The number of morpholine rings is 1. The lowest BCUT2D eigenvalue weighted by Gasteiger charge is -2.36. The summed E-state index contributed by atoms with van der Waals surface area (Å²) < 4.78 is 5.30. The smallest absolute Gasteiger partial charge is 0.245 e. The first kappa shape index (κ1) is 14.9. The highest BCUT2D eigenvalue weighted by atomic mass is 16.5. The van der Waals surface area contributed by atoms with Crippen LogP contribution in [0.1, 0.15) is 20.8 Å². The Morgan fingerprint density at radius 2 is 2.00 bits per heavy atom. The van der Waals surface area contributed by atoms with E-state index < -0.39 is 6.04 Å². The van der Waals surface area contributed by atoms with Crippen molar-refractivity contribution in [3.05, 3.63) is 0 Å². The molecule has 104 valence electrons. The van der Waals surface area contributed by atoms with E-state index in [4.69, 9.17) is 4.74 Å². The molecule has 0 aromatic heterocycles. The second-order valence-electron chi connectivity index (χ2n) is 4.80. The molecule has 6 nitrogen and oxygen atoms in total. The van der Waals surface area contributed by atoms with Crippen molar-refractivity contribution in [3.8, 4) is 0 Å². The Morgan fingerprint density at radius 3 is 2.56 bits per heavy atom. The van der Waals surface area contributed by atoms with Crippen LogP contribution in [0.25, 0.3) is 0 Å². The SMILES string of the molecule is CNC(C)C(=O)N1CCOCC1C(=O)NC(C)C. The van der Waals surface area contributed by atoms with Crippen LogP contribution in [0, 0.1) is 0 Å². The number of rotatable bonds is 4. The summed E-state index contributed by atoms with van der Waals surface area (Å²) in [5.41, 5.74) is 0. The normalized spacial score (nSPS) is 21.8. The van der Waals surface area contributed by atoms with Gasteiger partial charge in [-0.25, -0.2) is 0 Å². The van der Waals surface area contributed by atoms with E-state index in [2.05, 4.69) is 10.6 Å². The van der Waals surface area contributed by atoms with Crippen molar-refractivity contribution >= 4 is 11.8 Å². The van der Waals surface area contributed by atoms with E-state index in [1.807, 2.05) is 13.8 Å². The summed E-state index contributed by atoms with van der Waals surface area (Å²) in [7, 11) is 1.73. The molecule has 1 aliphatic rings. The number of ether oxygens (including phenoxy) is 1. The van der Waals surface area contributed by atoms with E-state index in [0.717, 1.165) is 0 Å². The molecule has 0 aromatic rings. The van der Waals surface area contributed by atoms with E-state index in [0.29, 0.717) is 13.2 Å². The molecule has 0 bridgehead atoms. The fourth-order valence-electron chi connectivity index (χ4n) is 1.84. The summed E-state index contributed by atoms with van der Waals surface area (Å²) in [5, 5.41) is 5.72. The van der Waals surface area contributed by atoms with Crippen LogP contribution >= 0.6 is 0 Å². The highest BCUT2D eigenvalue weighted by Gasteiger charge is 2.34. The number of likely N-dealkylation sites (N-methyl/N-ethyl adjacent to an activating group) is 1. The zero-order valence-electron chi connectivity index (χ0n) is 11.5. The number of carbonyl (C=O) groups excluding carboxylic acids is 2. The summed E-state index contributed by atoms with van der Waals surface area (Å²) in [5.74, 6) is -0.217. The first-order chi connectivity index (χ1) is 8.47. The molecule has 2 atom stereocenters. The number of hydrogen-bond acceptors (Lipinski definition) is 4. The van der Waals surface area contributed by atoms with Crippen molar-refractivity contribution in [2.45, 2.75) is 38.9 Å². The van der Waals surface area contributed by atoms with E-state index in [1.165, 1.54) is 0 Å². The Bertz CT molecular complexity index is 307. The van der Waals surface area contributed by atoms with Crippen molar-refractivity contribution < 1.29 is 14.3 Å². The lowest BCUT2D eigenvalue weighted by Crippen LogP contribution is -2.59. The van der Waals surface area contributed by atoms with Crippen LogP contribution in [0.15, 0.2) is 0 Å². The maximum Gasteiger partial charge on any atom is 0.245 e. The van der Waals surface area contributed by atoms with Crippen LogP contribution < -0.4 is 10.6 Å². The Morgan fingerprint density at radius 1 is 1.33 bits per heavy atom. The van der Waals surface area contributed by atoms with Gasteiger partial charge < -0.3 is 20.3 Å². The fourth-order valence-corrected chi connectivity index (χ4v) is 1.84. The van der Waals surface area contributed by atoms with Gasteiger partial charge in [0.1, 0.15) is 6.04 Å². The molecule has 0 spiro atoms. The average molecular weight is 257 g/mol. The standard InChI is InChI=1S/C12H23N3O3/c1-8(2)14-11(16)10-7-18-6-5-15(10)12(17)9(3)13-4/h8-10,13H,5-7H2,1-4H3,(H,14,16). The molecule has 2 amide bonds. The van der Waals surface area contributed by atoms with Crippen LogP contribution in [0.5, 0.6) is 0 Å². The first-order valence-corrected chi connectivity index (χ1v) is 6.33. The average Bonchev–Trinajstić information content (AvgIpc) is 2.36. The molecule has 1 rings (SSSR count). The van der Waals surface area contributed by atoms with Crippen LogP contribution in [-0.4, -0.2) is 61.6 Å².